The number of aliphatic imine (C=N–C) groups is 1. The van der Waals surface area contributed by atoms with Crippen molar-refractivity contribution in [2.24, 2.45) is 4.99 Å². The topological polar surface area (TPSA) is 24.4 Å². The predicted molar refractivity (Wildman–Crippen MR) is 59.1 cm³/mol. The van der Waals surface area contributed by atoms with Crippen molar-refractivity contribution in [1.29, 1.82) is 0 Å². The minimum atomic E-state index is 0.978. The zero-order valence-corrected chi connectivity index (χ0v) is 8.04. The number of anilines is 1. The van der Waals surface area contributed by atoms with Crippen LogP contribution in [0.1, 0.15) is 5.56 Å². The van der Waals surface area contributed by atoms with Crippen LogP contribution in [0.3, 0.4) is 0 Å². The summed E-state index contributed by atoms with van der Waals surface area (Å²) in [5, 5.41) is 3.07. The normalized spacial score (nSPS) is 10.3. The van der Waals surface area contributed by atoms with Crippen LogP contribution in [0.2, 0.25) is 0 Å². The molecule has 0 heterocycles. The molecule has 0 spiro atoms. The Morgan fingerprint density at radius 3 is 2.85 bits per heavy atom. The van der Waals surface area contributed by atoms with Gasteiger partial charge in [0.25, 0.3) is 0 Å². The zero-order chi connectivity index (χ0) is 9.68. The van der Waals surface area contributed by atoms with Gasteiger partial charge in [-0.15, -0.1) is 0 Å². The molecule has 0 unspecified atom stereocenters. The molecule has 0 saturated carbocycles. The standard InChI is InChI=1S/C11H14N2/c1-4-7-13-11-8-10(12-3)6-5-9(11)2/h4-8,12H,1H2,2-3H3. The molecule has 2 heteroatoms. The Bertz CT molecular complexity index is 327. The number of hydrogen-bond donors (Lipinski definition) is 1. The molecule has 0 aliphatic heterocycles. The summed E-state index contributed by atoms with van der Waals surface area (Å²) in [5.41, 5.74) is 3.21. The second-order valence-electron chi connectivity index (χ2n) is 2.77. The first-order chi connectivity index (χ1) is 6.27. The van der Waals surface area contributed by atoms with E-state index in [0.717, 1.165) is 16.9 Å². The highest BCUT2D eigenvalue weighted by Gasteiger charge is 1.95. The van der Waals surface area contributed by atoms with E-state index in [2.05, 4.69) is 16.9 Å². The van der Waals surface area contributed by atoms with Gasteiger partial charge in [-0.3, -0.25) is 4.99 Å². The number of allylic oxidation sites excluding steroid dienone is 1. The summed E-state index contributed by atoms with van der Waals surface area (Å²) in [7, 11) is 1.89. The van der Waals surface area contributed by atoms with Crippen molar-refractivity contribution in [1.82, 2.24) is 0 Å². The van der Waals surface area contributed by atoms with Crippen LogP contribution in [0.5, 0.6) is 0 Å². The van der Waals surface area contributed by atoms with Gasteiger partial charge in [0, 0.05) is 18.9 Å². The zero-order valence-electron chi connectivity index (χ0n) is 8.04. The van der Waals surface area contributed by atoms with Crippen LogP contribution in [0.4, 0.5) is 11.4 Å². The van der Waals surface area contributed by atoms with E-state index in [0.29, 0.717) is 0 Å². The Hall–Kier alpha value is -1.57. The van der Waals surface area contributed by atoms with E-state index < -0.39 is 0 Å². The molecule has 2 nitrogen and oxygen atoms in total. The molecular formula is C11H14N2. The van der Waals surface area contributed by atoms with Crippen LogP contribution < -0.4 is 5.32 Å². The Morgan fingerprint density at radius 2 is 2.23 bits per heavy atom. The molecule has 1 rings (SSSR count). The molecule has 0 aromatic heterocycles. The first kappa shape index (κ1) is 9.52. The van der Waals surface area contributed by atoms with Gasteiger partial charge in [0.2, 0.25) is 0 Å². The van der Waals surface area contributed by atoms with Crippen molar-refractivity contribution < 1.29 is 0 Å². The molecule has 0 atom stereocenters. The molecular weight excluding hydrogens is 160 g/mol. The Labute approximate surface area is 79.0 Å². The lowest BCUT2D eigenvalue weighted by Crippen LogP contribution is -1.87. The molecule has 13 heavy (non-hydrogen) atoms. The molecule has 1 aromatic carbocycles. The molecule has 0 fully saturated rings. The summed E-state index contributed by atoms with van der Waals surface area (Å²) >= 11 is 0. The molecule has 0 aliphatic carbocycles. The highest BCUT2D eigenvalue weighted by atomic mass is 14.8. The number of rotatable bonds is 3. The van der Waals surface area contributed by atoms with Gasteiger partial charge in [-0.25, -0.2) is 0 Å². The molecule has 1 aromatic rings. The largest absolute Gasteiger partial charge is 0.388 e. The quantitative estimate of drug-likeness (QED) is 0.700. The van der Waals surface area contributed by atoms with Crippen molar-refractivity contribution >= 4 is 17.6 Å². The average molecular weight is 174 g/mol. The monoisotopic (exact) mass is 174 g/mol. The molecule has 0 amide bonds. The first-order valence-corrected chi connectivity index (χ1v) is 4.21. The summed E-state index contributed by atoms with van der Waals surface area (Å²) in [5.74, 6) is 0. The SMILES string of the molecule is C=CC=Nc1cc(NC)ccc1C. The number of benzene rings is 1. The van der Waals surface area contributed by atoms with Gasteiger partial charge in [-0.1, -0.05) is 18.7 Å². The van der Waals surface area contributed by atoms with Gasteiger partial charge >= 0.3 is 0 Å². The van der Waals surface area contributed by atoms with E-state index in [4.69, 9.17) is 0 Å². The van der Waals surface area contributed by atoms with E-state index in [1.165, 1.54) is 0 Å². The second-order valence-corrected chi connectivity index (χ2v) is 2.77. The molecule has 0 saturated heterocycles. The minimum Gasteiger partial charge on any atom is -0.388 e. The maximum absolute atomic E-state index is 4.25. The molecule has 1 N–H and O–H groups in total. The van der Waals surface area contributed by atoms with Crippen LogP contribution in [0, 0.1) is 6.92 Å². The summed E-state index contributed by atoms with van der Waals surface area (Å²) in [6, 6.07) is 6.08. The first-order valence-electron chi connectivity index (χ1n) is 4.21. The summed E-state index contributed by atoms with van der Waals surface area (Å²) in [6.07, 6.45) is 3.37. The lowest BCUT2D eigenvalue weighted by molar-refractivity contribution is 1.39. The molecule has 0 radical (unpaired) electrons. The van der Waals surface area contributed by atoms with Crippen molar-refractivity contribution in [2.75, 3.05) is 12.4 Å². The molecule has 0 bridgehead atoms. The van der Waals surface area contributed by atoms with E-state index in [9.17, 15) is 0 Å². The second kappa shape index (κ2) is 4.45. The van der Waals surface area contributed by atoms with Crippen molar-refractivity contribution in [3.63, 3.8) is 0 Å². The lowest BCUT2D eigenvalue weighted by atomic mass is 10.2. The predicted octanol–water partition coefficient (Wildman–Crippen LogP) is 2.93. The van der Waals surface area contributed by atoms with Gasteiger partial charge in [0.05, 0.1) is 5.69 Å². The number of hydrogen-bond acceptors (Lipinski definition) is 2. The van der Waals surface area contributed by atoms with Crippen molar-refractivity contribution in [3.05, 3.63) is 36.4 Å². The number of nitrogens with one attached hydrogen (secondary N) is 1. The van der Waals surface area contributed by atoms with E-state index >= 15 is 0 Å². The summed E-state index contributed by atoms with van der Waals surface area (Å²) in [6.45, 7) is 5.62. The van der Waals surface area contributed by atoms with Crippen LogP contribution in [-0.2, 0) is 0 Å². The maximum Gasteiger partial charge on any atom is 0.0679 e. The molecule has 68 valence electrons. The Morgan fingerprint density at radius 1 is 1.46 bits per heavy atom. The Balaban J connectivity index is 3.03. The highest BCUT2D eigenvalue weighted by Crippen LogP contribution is 2.22. The lowest BCUT2D eigenvalue weighted by Gasteiger charge is -2.03. The fourth-order valence-corrected chi connectivity index (χ4v) is 1.04. The highest BCUT2D eigenvalue weighted by molar-refractivity contribution is 5.75. The third-order valence-electron chi connectivity index (χ3n) is 1.82. The van der Waals surface area contributed by atoms with Gasteiger partial charge in [-0.05, 0) is 24.6 Å². The van der Waals surface area contributed by atoms with Gasteiger partial charge < -0.3 is 5.32 Å². The molecule has 0 aliphatic rings. The van der Waals surface area contributed by atoms with E-state index in [-0.39, 0.29) is 0 Å². The van der Waals surface area contributed by atoms with E-state index in [1.807, 2.05) is 32.2 Å². The third-order valence-corrected chi connectivity index (χ3v) is 1.82. The fraction of sp³-hybridized carbons (Fsp3) is 0.182. The van der Waals surface area contributed by atoms with Crippen LogP contribution >= 0.6 is 0 Å². The van der Waals surface area contributed by atoms with Crippen molar-refractivity contribution in [2.45, 2.75) is 6.92 Å². The van der Waals surface area contributed by atoms with Crippen LogP contribution in [0.25, 0.3) is 0 Å². The van der Waals surface area contributed by atoms with Gasteiger partial charge in [-0.2, -0.15) is 0 Å². The number of aryl methyl sites for hydroxylation is 1. The van der Waals surface area contributed by atoms with Crippen LogP contribution in [0.15, 0.2) is 35.8 Å². The van der Waals surface area contributed by atoms with Gasteiger partial charge in [0.1, 0.15) is 0 Å². The van der Waals surface area contributed by atoms with Gasteiger partial charge in [0.15, 0.2) is 0 Å². The average Bonchev–Trinajstić information content (AvgIpc) is 2.17. The fourth-order valence-electron chi connectivity index (χ4n) is 1.04. The Kier molecular flexibility index (Phi) is 3.26. The number of nitrogens with zero attached hydrogens (tertiary/aromatic N) is 1. The smallest absolute Gasteiger partial charge is 0.0679 e. The summed E-state index contributed by atoms with van der Waals surface area (Å²) in [4.78, 5) is 4.25. The van der Waals surface area contributed by atoms with Crippen LogP contribution in [-0.4, -0.2) is 13.3 Å². The maximum atomic E-state index is 4.25. The third kappa shape index (κ3) is 2.44. The van der Waals surface area contributed by atoms with Crippen molar-refractivity contribution in [3.8, 4) is 0 Å². The minimum absolute atomic E-state index is 0.978. The summed E-state index contributed by atoms with van der Waals surface area (Å²) < 4.78 is 0. The van der Waals surface area contributed by atoms with E-state index in [1.54, 1.807) is 12.3 Å².